The average Bonchev–Trinajstić information content (AvgIpc) is 2.42. The van der Waals surface area contributed by atoms with Gasteiger partial charge in [0.05, 0.1) is 0 Å². The summed E-state index contributed by atoms with van der Waals surface area (Å²) in [6.07, 6.45) is 2.60. The van der Waals surface area contributed by atoms with Gasteiger partial charge in [-0.2, -0.15) is 0 Å². The number of carbonyl (C=O) groups is 1. The van der Waals surface area contributed by atoms with Gasteiger partial charge in [0.25, 0.3) is 0 Å². The van der Waals surface area contributed by atoms with Gasteiger partial charge in [-0.15, -0.1) is 11.8 Å². The third kappa shape index (κ3) is 5.64. The molecule has 106 valence electrons. The van der Waals surface area contributed by atoms with Crippen LogP contribution in [-0.2, 0) is 4.79 Å². The lowest BCUT2D eigenvalue weighted by Crippen LogP contribution is -2.31. The molecule has 0 radical (unpaired) electrons. The summed E-state index contributed by atoms with van der Waals surface area (Å²) >= 11 is 1.40. The lowest BCUT2D eigenvalue weighted by molar-refractivity contribution is -0.130. The number of nitrogens with zero attached hydrogens (tertiary/aromatic N) is 1. The number of benzene rings is 1. The molecule has 0 fully saturated rings. The van der Waals surface area contributed by atoms with Crippen LogP contribution in [0.15, 0.2) is 29.2 Å². The van der Waals surface area contributed by atoms with E-state index >= 15 is 0 Å². The van der Waals surface area contributed by atoms with Crippen LogP contribution in [0.1, 0.15) is 33.1 Å². The van der Waals surface area contributed by atoms with Crippen molar-refractivity contribution in [3.63, 3.8) is 0 Å². The SMILES string of the molecule is CCCCN(CC)C(=O)CCSc1ccccc1F. The van der Waals surface area contributed by atoms with Crippen LogP contribution >= 0.6 is 11.8 Å². The number of hydrogen-bond acceptors (Lipinski definition) is 2. The number of amides is 1. The molecule has 4 heteroatoms. The van der Waals surface area contributed by atoms with Crippen molar-refractivity contribution >= 4 is 17.7 Å². The van der Waals surface area contributed by atoms with Crippen molar-refractivity contribution < 1.29 is 9.18 Å². The van der Waals surface area contributed by atoms with Crippen molar-refractivity contribution in [3.8, 4) is 0 Å². The number of carbonyl (C=O) groups excluding carboxylic acids is 1. The van der Waals surface area contributed by atoms with E-state index in [0.29, 0.717) is 17.1 Å². The Balaban J connectivity index is 2.35. The maximum atomic E-state index is 13.4. The first-order valence-electron chi connectivity index (χ1n) is 6.84. The fraction of sp³-hybridized carbons (Fsp3) is 0.533. The molecule has 0 atom stereocenters. The fourth-order valence-electron chi connectivity index (χ4n) is 1.78. The second-order valence-electron chi connectivity index (χ2n) is 4.36. The Morgan fingerprint density at radius 2 is 2.05 bits per heavy atom. The van der Waals surface area contributed by atoms with Crippen molar-refractivity contribution in [2.45, 2.75) is 38.0 Å². The molecule has 0 bridgehead atoms. The highest BCUT2D eigenvalue weighted by molar-refractivity contribution is 7.99. The van der Waals surface area contributed by atoms with E-state index in [2.05, 4.69) is 6.92 Å². The molecule has 2 nitrogen and oxygen atoms in total. The van der Waals surface area contributed by atoms with E-state index in [1.54, 1.807) is 12.1 Å². The summed E-state index contributed by atoms with van der Waals surface area (Å²) < 4.78 is 13.4. The molecule has 0 aromatic heterocycles. The van der Waals surface area contributed by atoms with E-state index < -0.39 is 0 Å². The molecule has 1 aromatic carbocycles. The minimum Gasteiger partial charge on any atom is -0.343 e. The normalized spacial score (nSPS) is 10.5. The summed E-state index contributed by atoms with van der Waals surface area (Å²) in [5, 5.41) is 0. The first kappa shape index (κ1) is 16.0. The van der Waals surface area contributed by atoms with Crippen molar-refractivity contribution in [2.75, 3.05) is 18.8 Å². The highest BCUT2D eigenvalue weighted by Gasteiger charge is 2.11. The summed E-state index contributed by atoms with van der Waals surface area (Å²) in [6, 6.07) is 6.68. The maximum Gasteiger partial charge on any atom is 0.223 e. The lowest BCUT2D eigenvalue weighted by Gasteiger charge is -2.20. The third-order valence-corrected chi connectivity index (χ3v) is 3.98. The van der Waals surface area contributed by atoms with Crippen LogP contribution in [0.5, 0.6) is 0 Å². The van der Waals surface area contributed by atoms with Crippen LogP contribution in [0.3, 0.4) is 0 Å². The Bertz CT molecular complexity index is 397. The quantitative estimate of drug-likeness (QED) is 0.673. The number of thioether (sulfide) groups is 1. The first-order chi connectivity index (χ1) is 9.19. The number of hydrogen-bond donors (Lipinski definition) is 0. The van der Waals surface area contributed by atoms with Crippen LogP contribution < -0.4 is 0 Å². The van der Waals surface area contributed by atoms with E-state index in [4.69, 9.17) is 0 Å². The van der Waals surface area contributed by atoms with Gasteiger partial charge in [0.1, 0.15) is 5.82 Å². The van der Waals surface area contributed by atoms with Gasteiger partial charge < -0.3 is 4.90 Å². The summed E-state index contributed by atoms with van der Waals surface area (Å²) in [5.41, 5.74) is 0. The first-order valence-corrected chi connectivity index (χ1v) is 7.82. The van der Waals surface area contributed by atoms with Crippen LogP contribution in [-0.4, -0.2) is 29.6 Å². The van der Waals surface area contributed by atoms with Crippen molar-refractivity contribution in [1.29, 1.82) is 0 Å². The predicted molar refractivity (Wildman–Crippen MR) is 78.9 cm³/mol. The average molecular weight is 283 g/mol. The zero-order valence-electron chi connectivity index (χ0n) is 11.7. The molecule has 0 aliphatic carbocycles. The van der Waals surface area contributed by atoms with Crippen LogP contribution in [0.25, 0.3) is 0 Å². The monoisotopic (exact) mass is 283 g/mol. The molecule has 1 aromatic rings. The molecule has 0 heterocycles. The minimum absolute atomic E-state index is 0.166. The smallest absolute Gasteiger partial charge is 0.223 e. The third-order valence-electron chi connectivity index (χ3n) is 2.93. The van der Waals surface area contributed by atoms with Gasteiger partial charge >= 0.3 is 0 Å². The number of unbranched alkanes of at least 4 members (excludes halogenated alkanes) is 1. The summed E-state index contributed by atoms with van der Waals surface area (Å²) in [7, 11) is 0. The zero-order valence-corrected chi connectivity index (χ0v) is 12.5. The van der Waals surface area contributed by atoms with Gasteiger partial charge in [0, 0.05) is 30.2 Å². The van der Waals surface area contributed by atoms with Gasteiger partial charge in [-0.05, 0) is 25.5 Å². The number of rotatable bonds is 8. The van der Waals surface area contributed by atoms with E-state index in [1.165, 1.54) is 17.8 Å². The second-order valence-corrected chi connectivity index (χ2v) is 5.49. The predicted octanol–water partition coefficient (Wildman–Crippen LogP) is 3.96. The standard InChI is InChI=1S/C15H22FNOS/c1-3-5-11-17(4-2)15(18)10-12-19-14-9-7-6-8-13(14)16/h6-9H,3-5,10-12H2,1-2H3. The molecule has 0 saturated carbocycles. The van der Waals surface area contributed by atoms with E-state index in [9.17, 15) is 9.18 Å². The Morgan fingerprint density at radius 1 is 1.32 bits per heavy atom. The largest absolute Gasteiger partial charge is 0.343 e. The highest BCUT2D eigenvalue weighted by Crippen LogP contribution is 2.22. The molecule has 1 rings (SSSR count). The molecule has 0 spiro atoms. The Hall–Kier alpha value is -1.03. The van der Waals surface area contributed by atoms with Gasteiger partial charge in [-0.1, -0.05) is 25.5 Å². The summed E-state index contributed by atoms with van der Waals surface area (Å²) in [5.74, 6) is 0.584. The molecular weight excluding hydrogens is 261 g/mol. The van der Waals surface area contributed by atoms with Crippen LogP contribution in [0.2, 0.25) is 0 Å². The lowest BCUT2D eigenvalue weighted by atomic mass is 10.3. The topological polar surface area (TPSA) is 20.3 Å². The van der Waals surface area contributed by atoms with Crippen molar-refractivity contribution in [1.82, 2.24) is 4.90 Å². The van der Waals surface area contributed by atoms with Crippen LogP contribution in [0, 0.1) is 5.82 Å². The van der Waals surface area contributed by atoms with Gasteiger partial charge in [0.2, 0.25) is 5.91 Å². The number of halogens is 1. The Labute approximate surface area is 119 Å². The molecule has 0 unspecified atom stereocenters. The van der Waals surface area contributed by atoms with E-state index in [0.717, 1.165) is 25.9 Å². The second kappa shape index (κ2) is 8.97. The van der Waals surface area contributed by atoms with Gasteiger partial charge in [-0.3, -0.25) is 4.79 Å². The Morgan fingerprint density at radius 3 is 2.68 bits per heavy atom. The van der Waals surface area contributed by atoms with E-state index in [-0.39, 0.29) is 11.7 Å². The van der Waals surface area contributed by atoms with Crippen molar-refractivity contribution in [3.05, 3.63) is 30.1 Å². The molecular formula is C15H22FNOS. The molecule has 0 saturated heterocycles. The summed E-state index contributed by atoms with van der Waals surface area (Å²) in [4.78, 5) is 14.5. The van der Waals surface area contributed by atoms with Gasteiger partial charge in [-0.25, -0.2) is 4.39 Å². The van der Waals surface area contributed by atoms with Crippen LogP contribution in [0.4, 0.5) is 4.39 Å². The molecule has 0 aliphatic heterocycles. The van der Waals surface area contributed by atoms with Gasteiger partial charge in [0.15, 0.2) is 0 Å². The summed E-state index contributed by atoms with van der Waals surface area (Å²) in [6.45, 7) is 5.70. The minimum atomic E-state index is -0.210. The van der Waals surface area contributed by atoms with E-state index in [1.807, 2.05) is 17.9 Å². The molecule has 19 heavy (non-hydrogen) atoms. The molecule has 0 N–H and O–H groups in total. The maximum absolute atomic E-state index is 13.4. The zero-order chi connectivity index (χ0) is 14.1. The molecule has 0 aliphatic rings. The Kier molecular flexibility index (Phi) is 7.56. The molecule has 1 amide bonds. The highest BCUT2D eigenvalue weighted by atomic mass is 32.2. The van der Waals surface area contributed by atoms with Crippen molar-refractivity contribution in [2.24, 2.45) is 0 Å². The fourth-order valence-corrected chi connectivity index (χ4v) is 2.65.